The monoisotopic (exact) mass is 259 g/mol. The van der Waals surface area contributed by atoms with Gasteiger partial charge in [0.1, 0.15) is 5.75 Å². The average molecular weight is 259 g/mol. The molecule has 2 aromatic rings. The Labute approximate surface area is 114 Å². The maximum Gasteiger partial charge on any atom is 0.124 e. The first-order chi connectivity index (χ1) is 9.11. The van der Waals surface area contributed by atoms with Crippen LogP contribution in [-0.4, -0.2) is 16.4 Å². The van der Waals surface area contributed by atoms with Gasteiger partial charge in [0, 0.05) is 18.8 Å². The molecule has 0 amide bonds. The molecule has 0 saturated heterocycles. The van der Waals surface area contributed by atoms with Crippen molar-refractivity contribution < 1.29 is 4.74 Å². The number of nitrogens with one attached hydrogen (secondary N) is 1. The molecule has 0 radical (unpaired) electrons. The van der Waals surface area contributed by atoms with Crippen molar-refractivity contribution in [2.24, 2.45) is 7.05 Å². The van der Waals surface area contributed by atoms with Crippen molar-refractivity contribution in [1.29, 1.82) is 0 Å². The molecule has 2 rings (SSSR count). The van der Waals surface area contributed by atoms with Gasteiger partial charge in [0.05, 0.1) is 24.0 Å². The van der Waals surface area contributed by atoms with E-state index in [2.05, 4.69) is 23.4 Å². The highest BCUT2D eigenvalue weighted by molar-refractivity contribution is 5.49. The molecule has 0 aliphatic rings. The molecule has 19 heavy (non-hydrogen) atoms. The summed E-state index contributed by atoms with van der Waals surface area (Å²) in [6.07, 6.45) is 2.00. The minimum atomic E-state index is 0.172. The van der Waals surface area contributed by atoms with E-state index in [4.69, 9.17) is 4.74 Å². The Morgan fingerprint density at radius 1 is 1.37 bits per heavy atom. The minimum Gasteiger partial charge on any atom is -0.494 e. The van der Waals surface area contributed by atoms with Crippen LogP contribution in [0.15, 0.2) is 30.5 Å². The maximum absolute atomic E-state index is 5.67. The summed E-state index contributed by atoms with van der Waals surface area (Å²) >= 11 is 0. The van der Waals surface area contributed by atoms with Crippen LogP contribution in [0.3, 0.4) is 0 Å². The van der Waals surface area contributed by atoms with Crippen molar-refractivity contribution in [2.45, 2.75) is 26.8 Å². The van der Waals surface area contributed by atoms with E-state index in [1.54, 1.807) is 0 Å². The molecule has 1 aromatic carbocycles. The Bertz CT molecular complexity index is 548. The fourth-order valence-electron chi connectivity index (χ4n) is 2.18. The summed E-state index contributed by atoms with van der Waals surface area (Å²) in [5.41, 5.74) is 3.22. The third kappa shape index (κ3) is 3.08. The SMILES string of the molecule is CCOc1ccccc1C(C)Nc1cn(C)nc1C. The molecule has 0 aliphatic heterocycles. The van der Waals surface area contributed by atoms with Crippen LogP contribution in [-0.2, 0) is 7.05 Å². The van der Waals surface area contributed by atoms with Gasteiger partial charge >= 0.3 is 0 Å². The second kappa shape index (κ2) is 5.78. The summed E-state index contributed by atoms with van der Waals surface area (Å²) in [7, 11) is 1.93. The van der Waals surface area contributed by atoms with Gasteiger partial charge in [-0.2, -0.15) is 5.10 Å². The molecule has 0 saturated carbocycles. The van der Waals surface area contributed by atoms with Gasteiger partial charge in [0.2, 0.25) is 0 Å². The van der Waals surface area contributed by atoms with Gasteiger partial charge in [0.15, 0.2) is 0 Å². The molecule has 0 aliphatic carbocycles. The van der Waals surface area contributed by atoms with Crippen LogP contribution in [0.2, 0.25) is 0 Å². The van der Waals surface area contributed by atoms with Gasteiger partial charge in [-0.3, -0.25) is 4.68 Å². The van der Waals surface area contributed by atoms with Crippen molar-refractivity contribution in [3.8, 4) is 5.75 Å². The van der Waals surface area contributed by atoms with E-state index < -0.39 is 0 Å². The number of anilines is 1. The molecule has 1 unspecified atom stereocenters. The lowest BCUT2D eigenvalue weighted by Crippen LogP contribution is -2.09. The van der Waals surface area contributed by atoms with Crippen LogP contribution >= 0.6 is 0 Å². The Kier molecular flexibility index (Phi) is 4.10. The molecule has 0 spiro atoms. The number of aryl methyl sites for hydroxylation is 2. The van der Waals surface area contributed by atoms with E-state index in [1.165, 1.54) is 0 Å². The number of rotatable bonds is 5. The van der Waals surface area contributed by atoms with E-state index in [0.717, 1.165) is 22.7 Å². The van der Waals surface area contributed by atoms with E-state index in [9.17, 15) is 0 Å². The van der Waals surface area contributed by atoms with Gasteiger partial charge in [-0.25, -0.2) is 0 Å². The largest absolute Gasteiger partial charge is 0.494 e. The molecule has 1 atom stereocenters. The number of ether oxygens (including phenoxy) is 1. The van der Waals surface area contributed by atoms with Crippen LogP contribution in [0, 0.1) is 6.92 Å². The standard InChI is InChI=1S/C15H21N3O/c1-5-19-15-9-7-6-8-13(15)11(2)16-14-10-18(4)17-12(14)3/h6-11,16H,5H2,1-4H3. The second-order valence-electron chi connectivity index (χ2n) is 4.64. The van der Waals surface area contributed by atoms with Crippen LogP contribution < -0.4 is 10.1 Å². The first-order valence-electron chi connectivity index (χ1n) is 6.60. The highest BCUT2D eigenvalue weighted by Gasteiger charge is 2.13. The first kappa shape index (κ1) is 13.5. The molecular formula is C15H21N3O. The zero-order valence-electron chi connectivity index (χ0n) is 12.0. The lowest BCUT2D eigenvalue weighted by Gasteiger charge is -2.18. The third-order valence-corrected chi connectivity index (χ3v) is 3.07. The lowest BCUT2D eigenvalue weighted by molar-refractivity contribution is 0.335. The third-order valence-electron chi connectivity index (χ3n) is 3.07. The fraction of sp³-hybridized carbons (Fsp3) is 0.400. The Balaban J connectivity index is 2.20. The van der Waals surface area contributed by atoms with E-state index in [1.807, 2.05) is 50.0 Å². The summed E-state index contributed by atoms with van der Waals surface area (Å²) < 4.78 is 7.49. The number of nitrogens with zero attached hydrogens (tertiary/aromatic N) is 2. The summed E-state index contributed by atoms with van der Waals surface area (Å²) in [4.78, 5) is 0. The number of hydrogen-bond acceptors (Lipinski definition) is 3. The Morgan fingerprint density at radius 3 is 2.74 bits per heavy atom. The van der Waals surface area contributed by atoms with Gasteiger partial charge in [-0.15, -0.1) is 0 Å². The first-order valence-corrected chi connectivity index (χ1v) is 6.60. The molecule has 1 N–H and O–H groups in total. The van der Waals surface area contributed by atoms with Gasteiger partial charge < -0.3 is 10.1 Å². The van der Waals surface area contributed by atoms with Crippen molar-refractivity contribution in [3.63, 3.8) is 0 Å². The zero-order valence-corrected chi connectivity index (χ0v) is 12.0. The van der Waals surface area contributed by atoms with E-state index in [-0.39, 0.29) is 6.04 Å². The van der Waals surface area contributed by atoms with Crippen molar-refractivity contribution in [3.05, 3.63) is 41.7 Å². The van der Waals surface area contributed by atoms with Crippen LogP contribution in [0.5, 0.6) is 5.75 Å². The van der Waals surface area contributed by atoms with Gasteiger partial charge in [0.25, 0.3) is 0 Å². The van der Waals surface area contributed by atoms with E-state index in [0.29, 0.717) is 6.61 Å². The zero-order chi connectivity index (χ0) is 13.8. The quantitative estimate of drug-likeness (QED) is 0.895. The maximum atomic E-state index is 5.67. The number of para-hydroxylation sites is 1. The number of aromatic nitrogens is 2. The lowest BCUT2D eigenvalue weighted by atomic mass is 10.1. The average Bonchev–Trinajstić information content (AvgIpc) is 2.69. The van der Waals surface area contributed by atoms with Crippen LogP contribution in [0.4, 0.5) is 5.69 Å². The van der Waals surface area contributed by atoms with Crippen LogP contribution in [0.1, 0.15) is 31.1 Å². The highest BCUT2D eigenvalue weighted by atomic mass is 16.5. The van der Waals surface area contributed by atoms with Crippen molar-refractivity contribution >= 4 is 5.69 Å². The van der Waals surface area contributed by atoms with E-state index >= 15 is 0 Å². The Hall–Kier alpha value is -1.97. The second-order valence-corrected chi connectivity index (χ2v) is 4.64. The smallest absolute Gasteiger partial charge is 0.124 e. The van der Waals surface area contributed by atoms with Gasteiger partial charge in [-0.1, -0.05) is 18.2 Å². The molecule has 1 heterocycles. The Morgan fingerprint density at radius 2 is 2.11 bits per heavy atom. The minimum absolute atomic E-state index is 0.172. The molecule has 102 valence electrons. The molecule has 4 heteroatoms. The topological polar surface area (TPSA) is 39.1 Å². The van der Waals surface area contributed by atoms with Crippen molar-refractivity contribution in [2.75, 3.05) is 11.9 Å². The number of hydrogen-bond donors (Lipinski definition) is 1. The predicted molar refractivity (Wildman–Crippen MR) is 77.6 cm³/mol. The normalized spacial score (nSPS) is 12.2. The van der Waals surface area contributed by atoms with Gasteiger partial charge in [-0.05, 0) is 26.8 Å². The molecular weight excluding hydrogens is 238 g/mol. The molecule has 0 bridgehead atoms. The summed E-state index contributed by atoms with van der Waals surface area (Å²) in [5, 5.41) is 7.82. The molecule has 4 nitrogen and oxygen atoms in total. The highest BCUT2D eigenvalue weighted by Crippen LogP contribution is 2.28. The summed E-state index contributed by atoms with van der Waals surface area (Å²) in [5.74, 6) is 0.937. The number of benzene rings is 1. The van der Waals surface area contributed by atoms with Crippen LogP contribution in [0.25, 0.3) is 0 Å². The summed E-state index contributed by atoms with van der Waals surface area (Å²) in [6.45, 7) is 6.81. The summed E-state index contributed by atoms with van der Waals surface area (Å²) in [6, 6.07) is 8.30. The molecule has 0 fully saturated rings. The van der Waals surface area contributed by atoms with Crippen molar-refractivity contribution in [1.82, 2.24) is 9.78 Å². The fourth-order valence-corrected chi connectivity index (χ4v) is 2.18. The predicted octanol–water partition coefficient (Wildman–Crippen LogP) is 3.30. The molecule has 1 aromatic heterocycles.